The van der Waals surface area contributed by atoms with E-state index < -0.39 is 11.9 Å². The van der Waals surface area contributed by atoms with Gasteiger partial charge in [0.25, 0.3) is 0 Å². The Morgan fingerprint density at radius 2 is 2.07 bits per heavy atom. The summed E-state index contributed by atoms with van der Waals surface area (Å²) in [6, 6.07) is 2.45. The zero-order valence-electron chi connectivity index (χ0n) is 13.9. The summed E-state index contributed by atoms with van der Waals surface area (Å²) in [4.78, 5) is 15.5. The van der Waals surface area contributed by atoms with Crippen LogP contribution in [0.25, 0.3) is 0 Å². The van der Waals surface area contributed by atoms with Crippen LogP contribution in [-0.4, -0.2) is 44.3 Å². The number of thiocarbonyl (C=S) groups is 1. The first-order chi connectivity index (χ1) is 12.9. The van der Waals surface area contributed by atoms with E-state index in [1.54, 1.807) is 6.07 Å². The summed E-state index contributed by atoms with van der Waals surface area (Å²) in [6.45, 7) is 1.16. The largest absolute Gasteiger partial charge is 0.433 e. The van der Waals surface area contributed by atoms with Crippen molar-refractivity contribution in [2.75, 3.05) is 18.5 Å². The van der Waals surface area contributed by atoms with Gasteiger partial charge in [-0.2, -0.15) is 13.2 Å². The van der Waals surface area contributed by atoms with Crippen LogP contribution in [0.3, 0.4) is 0 Å². The van der Waals surface area contributed by atoms with Gasteiger partial charge in [0, 0.05) is 31.6 Å². The smallest absolute Gasteiger partial charge is 0.376 e. The summed E-state index contributed by atoms with van der Waals surface area (Å²) in [6.07, 6.45) is 0.279. The molecule has 0 aromatic carbocycles. The number of ether oxygens (including phenoxy) is 1. The zero-order chi connectivity index (χ0) is 19.3. The van der Waals surface area contributed by atoms with Crippen LogP contribution in [0.15, 0.2) is 34.7 Å². The van der Waals surface area contributed by atoms with Gasteiger partial charge in [0.15, 0.2) is 16.0 Å². The molecule has 0 amide bonds. The highest BCUT2D eigenvalue weighted by Gasteiger charge is 2.34. The fourth-order valence-corrected chi connectivity index (χ4v) is 3.16. The maximum Gasteiger partial charge on any atom is 0.433 e. The molecule has 0 saturated carbocycles. The number of halogens is 3. The quantitative estimate of drug-likeness (QED) is 0.434. The van der Waals surface area contributed by atoms with Crippen molar-refractivity contribution in [2.24, 2.45) is 0 Å². The molecule has 3 heterocycles. The van der Waals surface area contributed by atoms with Crippen LogP contribution >= 0.6 is 24.0 Å². The normalized spacial score (nSPS) is 16.9. The average molecular weight is 416 g/mol. The second-order valence-electron chi connectivity index (χ2n) is 5.52. The molecule has 2 aromatic heterocycles. The van der Waals surface area contributed by atoms with Crippen LogP contribution in [0, 0.1) is 0 Å². The molecule has 2 N–H and O–H groups in total. The lowest BCUT2D eigenvalue weighted by Gasteiger charge is -2.14. The van der Waals surface area contributed by atoms with Gasteiger partial charge in [0.2, 0.25) is 5.95 Å². The first-order valence-corrected chi connectivity index (χ1v) is 9.20. The molecule has 0 radical (unpaired) electrons. The summed E-state index contributed by atoms with van der Waals surface area (Å²) in [7, 11) is 0. The Bertz CT molecular complexity index is 787. The number of nitrogens with one attached hydrogen (secondary N) is 2. The SMILES string of the molecule is FC(F)(F)c1cc(Sc2ncccn2)nc(NC(=S)NC[C@H]2CCCO2)n1. The summed E-state index contributed by atoms with van der Waals surface area (Å²) >= 11 is 6.01. The summed E-state index contributed by atoms with van der Waals surface area (Å²) in [5, 5.41) is 5.94. The molecule has 27 heavy (non-hydrogen) atoms. The van der Waals surface area contributed by atoms with Gasteiger partial charge in [-0.05, 0) is 42.9 Å². The first-order valence-electron chi connectivity index (χ1n) is 7.98. The van der Waals surface area contributed by atoms with Gasteiger partial charge >= 0.3 is 6.18 Å². The Morgan fingerprint density at radius 1 is 1.30 bits per heavy atom. The van der Waals surface area contributed by atoms with Crippen LogP contribution < -0.4 is 10.6 Å². The van der Waals surface area contributed by atoms with E-state index in [-0.39, 0.29) is 27.3 Å². The molecule has 1 saturated heterocycles. The van der Waals surface area contributed by atoms with Crippen molar-refractivity contribution in [3.63, 3.8) is 0 Å². The van der Waals surface area contributed by atoms with E-state index in [1.807, 2.05) is 0 Å². The van der Waals surface area contributed by atoms with Gasteiger partial charge in [-0.1, -0.05) is 0 Å². The van der Waals surface area contributed by atoms with Crippen molar-refractivity contribution >= 4 is 35.0 Å². The topological polar surface area (TPSA) is 84.9 Å². The van der Waals surface area contributed by atoms with E-state index in [4.69, 9.17) is 17.0 Å². The second kappa shape index (κ2) is 8.76. The maximum absolute atomic E-state index is 13.2. The average Bonchev–Trinajstić information content (AvgIpc) is 3.13. The first kappa shape index (κ1) is 19.7. The third kappa shape index (κ3) is 5.97. The van der Waals surface area contributed by atoms with Crippen molar-refractivity contribution in [3.8, 4) is 0 Å². The van der Waals surface area contributed by atoms with Gasteiger partial charge in [0.05, 0.1) is 6.10 Å². The molecule has 0 unspecified atom stereocenters. The Labute approximate surface area is 162 Å². The molecule has 0 spiro atoms. The number of alkyl halides is 3. The molecule has 1 aliphatic rings. The van der Waals surface area contributed by atoms with Gasteiger partial charge in [0.1, 0.15) is 5.03 Å². The van der Waals surface area contributed by atoms with Crippen molar-refractivity contribution < 1.29 is 17.9 Å². The molecule has 1 fully saturated rings. The number of rotatable bonds is 5. The molecule has 12 heteroatoms. The van der Waals surface area contributed by atoms with Crippen molar-refractivity contribution in [1.29, 1.82) is 0 Å². The summed E-state index contributed by atoms with van der Waals surface area (Å²) < 4.78 is 44.9. The molecule has 0 bridgehead atoms. The summed E-state index contributed by atoms with van der Waals surface area (Å²) in [5.74, 6) is -0.256. The van der Waals surface area contributed by atoms with Crippen LogP contribution in [0.1, 0.15) is 18.5 Å². The molecule has 0 aliphatic carbocycles. The van der Waals surface area contributed by atoms with Gasteiger partial charge in [-0.15, -0.1) is 0 Å². The Morgan fingerprint density at radius 3 is 2.74 bits per heavy atom. The predicted molar refractivity (Wildman–Crippen MR) is 96.4 cm³/mol. The zero-order valence-corrected chi connectivity index (χ0v) is 15.5. The second-order valence-corrected chi connectivity index (χ2v) is 6.91. The fraction of sp³-hybridized carbons (Fsp3) is 0.400. The van der Waals surface area contributed by atoms with E-state index in [9.17, 15) is 13.2 Å². The Balaban J connectivity index is 1.72. The van der Waals surface area contributed by atoms with Gasteiger partial charge in [-0.3, -0.25) is 0 Å². The van der Waals surface area contributed by atoms with E-state index in [0.29, 0.717) is 13.2 Å². The monoisotopic (exact) mass is 416 g/mol. The highest BCUT2D eigenvalue weighted by Crippen LogP contribution is 2.32. The molecule has 144 valence electrons. The Hall–Kier alpha value is -2.05. The molecule has 7 nitrogen and oxygen atoms in total. The van der Waals surface area contributed by atoms with Crippen molar-refractivity contribution in [3.05, 3.63) is 30.2 Å². The van der Waals surface area contributed by atoms with Crippen molar-refractivity contribution in [1.82, 2.24) is 25.3 Å². The van der Waals surface area contributed by atoms with E-state index in [0.717, 1.165) is 30.7 Å². The van der Waals surface area contributed by atoms with E-state index in [2.05, 4.69) is 30.6 Å². The predicted octanol–water partition coefficient (Wildman–Crippen LogP) is 2.90. The van der Waals surface area contributed by atoms with Crippen LogP contribution in [0.5, 0.6) is 0 Å². The third-order valence-corrected chi connectivity index (χ3v) is 4.53. The number of anilines is 1. The third-order valence-electron chi connectivity index (χ3n) is 3.47. The molecule has 1 atom stereocenters. The summed E-state index contributed by atoms with van der Waals surface area (Å²) in [5.41, 5.74) is -1.08. The minimum absolute atomic E-state index is 0.0357. The molecule has 2 aromatic rings. The minimum Gasteiger partial charge on any atom is -0.376 e. The lowest BCUT2D eigenvalue weighted by molar-refractivity contribution is -0.141. The Kier molecular flexibility index (Phi) is 6.39. The number of hydrogen-bond donors (Lipinski definition) is 2. The van der Waals surface area contributed by atoms with Crippen molar-refractivity contribution in [2.45, 2.75) is 35.3 Å². The molecule has 1 aliphatic heterocycles. The van der Waals surface area contributed by atoms with Crippen LogP contribution in [-0.2, 0) is 10.9 Å². The standard InChI is InChI=1S/C15H15F3N6OS2/c16-15(17,18)10-7-11(27-14-19-4-2-5-20-14)23-12(22-10)24-13(26)21-8-9-3-1-6-25-9/h2,4-5,7,9H,1,3,6,8H2,(H2,21,22,23,24,26)/t9-/m1/s1. The molecular formula is C15H15F3N6OS2. The lowest BCUT2D eigenvalue weighted by atomic mass is 10.2. The van der Waals surface area contributed by atoms with E-state index >= 15 is 0 Å². The lowest BCUT2D eigenvalue weighted by Crippen LogP contribution is -2.35. The van der Waals surface area contributed by atoms with Crippen LogP contribution in [0.4, 0.5) is 19.1 Å². The van der Waals surface area contributed by atoms with Crippen LogP contribution in [0.2, 0.25) is 0 Å². The van der Waals surface area contributed by atoms with Gasteiger partial charge < -0.3 is 15.4 Å². The molecule has 3 rings (SSSR count). The minimum atomic E-state index is -4.63. The number of nitrogens with zero attached hydrogens (tertiary/aromatic N) is 4. The number of aromatic nitrogens is 4. The fourth-order valence-electron chi connectivity index (χ4n) is 2.27. The maximum atomic E-state index is 13.2. The molecular weight excluding hydrogens is 401 g/mol. The number of hydrogen-bond acceptors (Lipinski definition) is 7. The highest BCUT2D eigenvalue weighted by molar-refractivity contribution is 7.99. The highest BCUT2D eigenvalue weighted by atomic mass is 32.2. The van der Waals surface area contributed by atoms with Gasteiger partial charge in [-0.25, -0.2) is 19.9 Å². The van der Waals surface area contributed by atoms with E-state index in [1.165, 1.54) is 12.4 Å².